The molecule has 0 saturated carbocycles. The lowest BCUT2D eigenvalue weighted by Gasteiger charge is -2.31. The molecule has 0 unspecified atom stereocenters. The van der Waals surface area contributed by atoms with Crippen molar-refractivity contribution >= 4 is 33.2 Å². The molecule has 0 bridgehead atoms. The van der Waals surface area contributed by atoms with Gasteiger partial charge in [-0.15, -0.1) is 0 Å². The van der Waals surface area contributed by atoms with Crippen molar-refractivity contribution in [1.82, 2.24) is 4.31 Å². The summed E-state index contributed by atoms with van der Waals surface area (Å²) >= 11 is 5.98. The number of ether oxygens (including phenoxy) is 1. The second-order valence-corrected chi connectivity index (χ2v) is 9.75. The molecule has 1 saturated heterocycles. The van der Waals surface area contributed by atoms with Gasteiger partial charge in [-0.25, -0.2) is 12.8 Å². The second-order valence-electron chi connectivity index (χ2n) is 7.41. The third-order valence-electron chi connectivity index (χ3n) is 5.12. The summed E-state index contributed by atoms with van der Waals surface area (Å²) in [6.07, 6.45) is -4.23. The molecule has 1 amide bonds. The third-order valence-corrected chi connectivity index (χ3v) is 7.24. The summed E-state index contributed by atoms with van der Waals surface area (Å²) in [5.74, 6) is -2.81. The Labute approximate surface area is 193 Å². The molecule has 6 nitrogen and oxygen atoms in total. The zero-order valence-corrected chi connectivity index (χ0v) is 19.0. The van der Waals surface area contributed by atoms with Crippen molar-refractivity contribution in [2.45, 2.75) is 30.8 Å². The van der Waals surface area contributed by atoms with E-state index in [-0.39, 0.29) is 41.1 Å². The van der Waals surface area contributed by atoms with Gasteiger partial charge < -0.3 is 10.1 Å². The standard InChI is InChI=1S/C21H21ClF4N2O4S/c1-2-32-18-8-5-14(22)10-19(18)33(30,31)28-9-3-4-13(12-28)20(29)27-15-6-7-17(23)16(11-15)21(24,25)26/h5-8,10-11,13H,2-4,9,12H2,1H3,(H,27,29)/t13-/m0/s1. The van der Waals surface area contributed by atoms with E-state index in [0.29, 0.717) is 25.0 Å². The first-order valence-electron chi connectivity index (χ1n) is 10.0. The summed E-state index contributed by atoms with van der Waals surface area (Å²) in [4.78, 5) is 12.6. The van der Waals surface area contributed by atoms with Gasteiger partial charge in [-0.3, -0.25) is 4.79 Å². The number of hydrogen-bond acceptors (Lipinski definition) is 4. The van der Waals surface area contributed by atoms with Gasteiger partial charge in [0.2, 0.25) is 15.9 Å². The normalized spacial score (nSPS) is 17.6. The molecule has 2 aromatic carbocycles. The summed E-state index contributed by atoms with van der Waals surface area (Å²) in [6, 6.07) is 6.34. The molecule has 3 rings (SSSR count). The van der Waals surface area contributed by atoms with Crippen molar-refractivity contribution in [3.63, 3.8) is 0 Å². The van der Waals surface area contributed by atoms with E-state index in [1.54, 1.807) is 6.92 Å². The van der Waals surface area contributed by atoms with Crippen LogP contribution >= 0.6 is 11.6 Å². The van der Waals surface area contributed by atoms with Crippen molar-refractivity contribution in [2.75, 3.05) is 25.0 Å². The highest BCUT2D eigenvalue weighted by Crippen LogP contribution is 2.34. The fourth-order valence-electron chi connectivity index (χ4n) is 3.54. The van der Waals surface area contributed by atoms with Crippen LogP contribution in [0.15, 0.2) is 41.3 Å². The highest BCUT2D eigenvalue weighted by Gasteiger charge is 2.36. The number of alkyl halides is 3. The minimum atomic E-state index is -4.92. The number of benzene rings is 2. The first-order valence-corrected chi connectivity index (χ1v) is 11.9. The highest BCUT2D eigenvalue weighted by atomic mass is 35.5. The maximum atomic E-state index is 13.5. The largest absolute Gasteiger partial charge is 0.492 e. The van der Waals surface area contributed by atoms with Crippen LogP contribution in [0.3, 0.4) is 0 Å². The molecular weight excluding hydrogens is 488 g/mol. The van der Waals surface area contributed by atoms with Gasteiger partial charge in [0.05, 0.1) is 18.1 Å². The number of amides is 1. The molecule has 1 N–H and O–H groups in total. The average Bonchev–Trinajstić information content (AvgIpc) is 2.75. The number of carbonyl (C=O) groups is 1. The van der Waals surface area contributed by atoms with Gasteiger partial charge in [-0.05, 0) is 56.2 Å². The van der Waals surface area contributed by atoms with Crippen molar-refractivity contribution < 1.29 is 35.5 Å². The Morgan fingerprint density at radius 3 is 2.64 bits per heavy atom. The lowest BCUT2D eigenvalue weighted by Crippen LogP contribution is -2.43. The Morgan fingerprint density at radius 2 is 1.97 bits per heavy atom. The van der Waals surface area contributed by atoms with Crippen molar-refractivity contribution in [1.29, 1.82) is 0 Å². The molecule has 1 atom stereocenters. The Balaban J connectivity index is 1.80. The van der Waals surface area contributed by atoms with Crippen LogP contribution in [0.4, 0.5) is 23.2 Å². The monoisotopic (exact) mass is 508 g/mol. The van der Waals surface area contributed by atoms with Crippen LogP contribution in [-0.2, 0) is 21.0 Å². The van der Waals surface area contributed by atoms with Crippen molar-refractivity contribution in [3.05, 3.63) is 52.8 Å². The lowest BCUT2D eigenvalue weighted by atomic mass is 9.98. The Kier molecular flexibility index (Phi) is 7.55. The molecule has 0 spiro atoms. The maximum absolute atomic E-state index is 13.5. The van der Waals surface area contributed by atoms with Crippen LogP contribution in [0.1, 0.15) is 25.3 Å². The molecule has 0 aliphatic carbocycles. The van der Waals surface area contributed by atoms with Crippen LogP contribution < -0.4 is 10.1 Å². The highest BCUT2D eigenvalue weighted by molar-refractivity contribution is 7.89. The SMILES string of the molecule is CCOc1ccc(Cl)cc1S(=O)(=O)N1CCC[C@H](C(=O)Nc2ccc(F)c(C(F)(F)F)c2)C1. The van der Waals surface area contributed by atoms with Gasteiger partial charge in [0.1, 0.15) is 16.5 Å². The quantitative estimate of drug-likeness (QED) is 0.561. The number of rotatable bonds is 6. The van der Waals surface area contributed by atoms with Crippen LogP contribution in [0.5, 0.6) is 5.75 Å². The molecule has 0 radical (unpaired) electrons. The molecule has 180 valence electrons. The topological polar surface area (TPSA) is 75.7 Å². The van der Waals surface area contributed by atoms with Crippen LogP contribution in [0, 0.1) is 11.7 Å². The first-order chi connectivity index (χ1) is 15.4. The number of hydrogen-bond donors (Lipinski definition) is 1. The molecule has 1 aliphatic heterocycles. The summed E-state index contributed by atoms with van der Waals surface area (Å²) in [5.41, 5.74) is -1.74. The predicted octanol–water partition coefficient (Wildman–Crippen LogP) is 4.94. The smallest absolute Gasteiger partial charge is 0.419 e. The van der Waals surface area contributed by atoms with Crippen LogP contribution in [-0.4, -0.2) is 38.3 Å². The Morgan fingerprint density at radius 1 is 1.24 bits per heavy atom. The number of carbonyl (C=O) groups excluding carboxylic acids is 1. The van der Waals surface area contributed by atoms with Gasteiger partial charge in [-0.1, -0.05) is 11.6 Å². The zero-order chi connectivity index (χ0) is 24.4. The minimum Gasteiger partial charge on any atom is -0.492 e. The summed E-state index contributed by atoms with van der Waals surface area (Å²) in [5, 5.41) is 2.53. The molecule has 12 heteroatoms. The van der Waals surface area contributed by atoms with Gasteiger partial charge in [0.25, 0.3) is 0 Å². The summed E-state index contributed by atoms with van der Waals surface area (Å²) in [6.45, 7) is 1.90. The second kappa shape index (κ2) is 9.86. The Hall–Kier alpha value is -2.37. The first kappa shape index (κ1) is 25.3. The van der Waals surface area contributed by atoms with E-state index in [2.05, 4.69) is 5.32 Å². The molecular formula is C21H21ClF4N2O4S. The van der Waals surface area contributed by atoms with E-state index < -0.39 is 39.4 Å². The number of halogens is 5. The summed E-state index contributed by atoms with van der Waals surface area (Å²) in [7, 11) is -4.06. The van der Waals surface area contributed by atoms with Crippen molar-refractivity contribution in [2.24, 2.45) is 5.92 Å². The number of anilines is 1. The van der Waals surface area contributed by atoms with E-state index in [1.165, 1.54) is 18.2 Å². The fourth-order valence-corrected chi connectivity index (χ4v) is 5.45. The predicted molar refractivity (Wildman–Crippen MR) is 114 cm³/mol. The van der Waals surface area contributed by atoms with Gasteiger partial charge in [-0.2, -0.15) is 17.5 Å². The molecule has 1 aliphatic rings. The van der Waals surface area contributed by atoms with Crippen LogP contribution in [0.2, 0.25) is 5.02 Å². The summed E-state index contributed by atoms with van der Waals surface area (Å²) < 4.78 is 85.3. The number of nitrogens with zero attached hydrogens (tertiary/aromatic N) is 1. The average molecular weight is 509 g/mol. The number of nitrogens with one attached hydrogen (secondary N) is 1. The molecule has 0 aromatic heterocycles. The van der Waals surface area contributed by atoms with Gasteiger partial charge in [0.15, 0.2) is 0 Å². The third kappa shape index (κ3) is 5.77. The zero-order valence-electron chi connectivity index (χ0n) is 17.5. The van der Waals surface area contributed by atoms with Crippen molar-refractivity contribution in [3.8, 4) is 5.75 Å². The van der Waals surface area contributed by atoms with Crippen LogP contribution in [0.25, 0.3) is 0 Å². The van der Waals surface area contributed by atoms with Gasteiger partial charge in [0, 0.05) is 23.8 Å². The van der Waals surface area contributed by atoms with E-state index in [0.717, 1.165) is 10.4 Å². The number of piperidine rings is 1. The van der Waals surface area contributed by atoms with E-state index >= 15 is 0 Å². The van der Waals surface area contributed by atoms with E-state index in [1.807, 2.05) is 0 Å². The molecule has 2 aromatic rings. The lowest BCUT2D eigenvalue weighted by molar-refractivity contribution is -0.140. The number of sulfonamides is 1. The fraction of sp³-hybridized carbons (Fsp3) is 0.381. The molecule has 1 fully saturated rings. The minimum absolute atomic E-state index is 0.125. The van der Waals surface area contributed by atoms with E-state index in [4.69, 9.17) is 16.3 Å². The molecule has 1 heterocycles. The Bertz CT molecular complexity index is 1140. The molecule has 33 heavy (non-hydrogen) atoms. The van der Waals surface area contributed by atoms with Gasteiger partial charge >= 0.3 is 6.18 Å². The van der Waals surface area contributed by atoms with E-state index in [9.17, 15) is 30.8 Å². The maximum Gasteiger partial charge on any atom is 0.419 e.